The first-order valence-corrected chi connectivity index (χ1v) is 16.5. The molecule has 0 aromatic heterocycles. The smallest absolute Gasteiger partial charge is 0.0652 e. The topological polar surface area (TPSA) is 18.8 Å². The minimum Gasteiger partial charge on any atom is -0.316 e. The summed E-state index contributed by atoms with van der Waals surface area (Å²) in [5.74, 6) is 0. The average Bonchev–Trinajstić information content (AvgIpc) is 3.14. The van der Waals surface area contributed by atoms with Crippen LogP contribution in [0.4, 0.5) is 22.7 Å². The van der Waals surface area contributed by atoms with Crippen molar-refractivity contribution in [3.63, 3.8) is 0 Å². The van der Waals surface area contributed by atoms with Gasteiger partial charge in [0.25, 0.3) is 0 Å². The fraction of sp³-hybridized carbons (Fsp3) is 0.114. The van der Waals surface area contributed by atoms with Gasteiger partial charge in [-0.1, -0.05) is 121 Å². The van der Waals surface area contributed by atoms with E-state index >= 15 is 0 Å². The molecule has 3 nitrogen and oxygen atoms in total. The standard InChI is InChI=1S/C44H39N3/c1-34-15-13-20-38(31-34)43(37-16-5-2-6-17-37)33-46(44-26-14-19-36-18-11-12-25-42(36)44)39-29-27-35(28-30-39)32-45-47(40-21-7-3-8-22-40)41-23-9-4-10-24-41/h2-10,13-17,19-24,26-33H,11-12,18,25H2,1H3/b43-33+,45-32+. The van der Waals surface area contributed by atoms with E-state index in [1.54, 1.807) is 0 Å². The van der Waals surface area contributed by atoms with E-state index in [4.69, 9.17) is 5.10 Å². The molecule has 7 rings (SSSR count). The molecule has 0 fully saturated rings. The Kier molecular flexibility index (Phi) is 9.05. The normalized spacial score (nSPS) is 12.9. The number of aryl methyl sites for hydroxylation is 2. The van der Waals surface area contributed by atoms with E-state index in [9.17, 15) is 0 Å². The predicted molar refractivity (Wildman–Crippen MR) is 199 cm³/mol. The SMILES string of the molecule is Cc1cccc(/C(=C/N(c2ccc(/C=N/N(c3ccccc3)c3ccccc3)cc2)c2cccc3c2CCCC3)c2ccccc2)c1. The van der Waals surface area contributed by atoms with E-state index < -0.39 is 0 Å². The van der Waals surface area contributed by atoms with Crippen molar-refractivity contribution in [2.24, 2.45) is 5.10 Å². The fourth-order valence-electron chi connectivity index (χ4n) is 6.41. The Hall–Kier alpha value is -5.67. The van der Waals surface area contributed by atoms with E-state index in [0.717, 1.165) is 35.5 Å². The van der Waals surface area contributed by atoms with Crippen LogP contribution in [0, 0.1) is 6.92 Å². The molecular formula is C44H39N3. The van der Waals surface area contributed by atoms with Crippen LogP contribution in [-0.4, -0.2) is 6.21 Å². The minimum atomic E-state index is 1.02. The summed E-state index contributed by atoms with van der Waals surface area (Å²) < 4.78 is 0. The van der Waals surface area contributed by atoms with Gasteiger partial charge < -0.3 is 4.90 Å². The molecular weight excluding hydrogens is 571 g/mol. The lowest BCUT2D eigenvalue weighted by Crippen LogP contribution is -2.15. The molecule has 47 heavy (non-hydrogen) atoms. The van der Waals surface area contributed by atoms with Crippen LogP contribution >= 0.6 is 0 Å². The van der Waals surface area contributed by atoms with Crippen LogP contribution in [0.3, 0.4) is 0 Å². The van der Waals surface area contributed by atoms with Gasteiger partial charge in [-0.25, -0.2) is 5.01 Å². The Balaban J connectivity index is 1.30. The summed E-state index contributed by atoms with van der Waals surface area (Å²) in [7, 11) is 0. The lowest BCUT2D eigenvalue weighted by atomic mass is 9.89. The zero-order valence-electron chi connectivity index (χ0n) is 26.8. The third-order valence-corrected chi connectivity index (χ3v) is 8.80. The van der Waals surface area contributed by atoms with Crippen LogP contribution in [0.2, 0.25) is 0 Å². The summed E-state index contributed by atoms with van der Waals surface area (Å²) >= 11 is 0. The number of para-hydroxylation sites is 2. The third kappa shape index (κ3) is 6.95. The van der Waals surface area contributed by atoms with Gasteiger partial charge in [0, 0.05) is 23.1 Å². The second-order valence-electron chi connectivity index (χ2n) is 12.1. The maximum atomic E-state index is 4.94. The van der Waals surface area contributed by atoms with Crippen molar-refractivity contribution in [3.8, 4) is 0 Å². The molecule has 6 aromatic carbocycles. The summed E-state index contributed by atoms with van der Waals surface area (Å²) in [5, 5.41) is 6.92. The third-order valence-electron chi connectivity index (χ3n) is 8.80. The Morgan fingerprint density at radius 1 is 0.574 bits per heavy atom. The van der Waals surface area contributed by atoms with Gasteiger partial charge in [0.2, 0.25) is 0 Å². The highest BCUT2D eigenvalue weighted by Gasteiger charge is 2.19. The van der Waals surface area contributed by atoms with Gasteiger partial charge in [-0.15, -0.1) is 0 Å². The van der Waals surface area contributed by atoms with Crippen LogP contribution < -0.4 is 9.91 Å². The first-order valence-electron chi connectivity index (χ1n) is 16.5. The molecule has 0 atom stereocenters. The lowest BCUT2D eigenvalue weighted by molar-refractivity contribution is 0.685. The van der Waals surface area contributed by atoms with E-state index in [2.05, 4.69) is 139 Å². The first kappa shape index (κ1) is 30.0. The van der Waals surface area contributed by atoms with Gasteiger partial charge in [-0.3, -0.25) is 0 Å². The van der Waals surface area contributed by atoms with Crippen molar-refractivity contribution in [3.05, 3.63) is 197 Å². The largest absolute Gasteiger partial charge is 0.316 e. The predicted octanol–water partition coefficient (Wildman–Crippen LogP) is 11.3. The summed E-state index contributed by atoms with van der Waals surface area (Å²) in [6.07, 6.45) is 8.99. The quantitative estimate of drug-likeness (QED) is 0.120. The van der Waals surface area contributed by atoms with Crippen LogP contribution in [0.25, 0.3) is 5.57 Å². The Morgan fingerprint density at radius 3 is 1.87 bits per heavy atom. The summed E-state index contributed by atoms with van der Waals surface area (Å²) in [5.41, 5.74) is 13.2. The number of nitrogens with zero attached hydrogens (tertiary/aromatic N) is 3. The average molecular weight is 610 g/mol. The van der Waals surface area contributed by atoms with Gasteiger partial charge in [0.15, 0.2) is 0 Å². The molecule has 0 heterocycles. The van der Waals surface area contributed by atoms with E-state index in [1.165, 1.54) is 51.9 Å². The molecule has 0 amide bonds. The Bertz CT molecular complexity index is 1940. The van der Waals surface area contributed by atoms with Crippen LogP contribution in [0.15, 0.2) is 169 Å². The van der Waals surface area contributed by atoms with Gasteiger partial charge in [0.1, 0.15) is 0 Å². The van der Waals surface area contributed by atoms with Crippen molar-refractivity contribution in [2.75, 3.05) is 9.91 Å². The minimum absolute atomic E-state index is 1.02. The van der Waals surface area contributed by atoms with Crippen molar-refractivity contribution in [2.45, 2.75) is 32.6 Å². The Labute approximate surface area is 278 Å². The maximum absolute atomic E-state index is 4.94. The molecule has 6 aromatic rings. The Morgan fingerprint density at radius 2 is 1.19 bits per heavy atom. The van der Waals surface area contributed by atoms with Crippen molar-refractivity contribution in [1.29, 1.82) is 0 Å². The maximum Gasteiger partial charge on any atom is 0.0652 e. The molecule has 0 saturated carbocycles. The zero-order valence-corrected chi connectivity index (χ0v) is 26.8. The monoisotopic (exact) mass is 609 g/mol. The summed E-state index contributed by atoms with van der Waals surface area (Å²) in [6, 6.07) is 55.7. The molecule has 0 bridgehead atoms. The second-order valence-corrected chi connectivity index (χ2v) is 12.1. The molecule has 1 aliphatic carbocycles. The van der Waals surface area contributed by atoms with Crippen LogP contribution in [-0.2, 0) is 12.8 Å². The van der Waals surface area contributed by atoms with Crippen molar-refractivity contribution >= 4 is 34.5 Å². The van der Waals surface area contributed by atoms with E-state index in [-0.39, 0.29) is 0 Å². The summed E-state index contributed by atoms with van der Waals surface area (Å²) in [4.78, 5) is 2.40. The van der Waals surface area contributed by atoms with Gasteiger partial charge in [-0.05, 0) is 103 Å². The molecule has 1 aliphatic rings. The number of hydrazone groups is 1. The van der Waals surface area contributed by atoms with Crippen molar-refractivity contribution < 1.29 is 0 Å². The fourth-order valence-corrected chi connectivity index (χ4v) is 6.41. The van der Waals surface area contributed by atoms with Crippen LogP contribution in [0.5, 0.6) is 0 Å². The molecule has 230 valence electrons. The highest BCUT2D eigenvalue weighted by molar-refractivity contribution is 5.86. The summed E-state index contributed by atoms with van der Waals surface area (Å²) in [6.45, 7) is 2.16. The number of fused-ring (bicyclic) bond motifs is 1. The molecule has 0 unspecified atom stereocenters. The molecule has 3 heteroatoms. The highest BCUT2D eigenvalue weighted by atomic mass is 15.5. The number of hydrogen-bond acceptors (Lipinski definition) is 3. The number of hydrogen-bond donors (Lipinski definition) is 0. The number of anilines is 4. The first-order chi connectivity index (χ1) is 23.2. The molecule has 0 aliphatic heterocycles. The number of benzene rings is 6. The molecule has 0 spiro atoms. The molecule has 0 saturated heterocycles. The highest BCUT2D eigenvalue weighted by Crippen LogP contribution is 2.37. The van der Waals surface area contributed by atoms with Gasteiger partial charge >= 0.3 is 0 Å². The van der Waals surface area contributed by atoms with Crippen LogP contribution in [0.1, 0.15) is 46.2 Å². The van der Waals surface area contributed by atoms with Gasteiger partial charge in [-0.2, -0.15) is 5.10 Å². The second kappa shape index (κ2) is 14.2. The molecule has 0 N–H and O–H groups in total. The molecule has 0 radical (unpaired) electrons. The van der Waals surface area contributed by atoms with Gasteiger partial charge in [0.05, 0.1) is 17.6 Å². The lowest BCUT2D eigenvalue weighted by Gasteiger charge is -2.29. The van der Waals surface area contributed by atoms with E-state index in [1.807, 2.05) is 47.6 Å². The van der Waals surface area contributed by atoms with E-state index in [0.29, 0.717) is 0 Å². The number of rotatable bonds is 9. The zero-order chi connectivity index (χ0) is 31.8. The van der Waals surface area contributed by atoms with Crippen molar-refractivity contribution in [1.82, 2.24) is 0 Å².